The summed E-state index contributed by atoms with van der Waals surface area (Å²) in [7, 11) is 0. The molecule has 0 radical (unpaired) electrons. The van der Waals surface area contributed by atoms with Gasteiger partial charge >= 0.3 is 0 Å². The number of non-ortho nitro benzene ring substituents is 1. The maximum absolute atomic E-state index is 11.6. The fourth-order valence-electron chi connectivity index (χ4n) is 1.46. The highest BCUT2D eigenvalue weighted by Crippen LogP contribution is 2.17. The Hall–Kier alpha value is -2.70. The zero-order chi connectivity index (χ0) is 13.0. The molecule has 0 saturated carbocycles. The summed E-state index contributed by atoms with van der Waals surface area (Å²) in [5.41, 5.74) is 1.01. The van der Waals surface area contributed by atoms with E-state index in [1.165, 1.54) is 18.2 Å². The Morgan fingerprint density at radius 2 is 2.28 bits per heavy atom. The highest BCUT2D eigenvalue weighted by molar-refractivity contribution is 5.92. The van der Waals surface area contributed by atoms with Crippen LogP contribution >= 0.6 is 0 Å². The number of amides is 1. The number of H-pyrrole nitrogens is 1. The molecule has 18 heavy (non-hydrogen) atoms. The first kappa shape index (κ1) is 11.8. The minimum Gasteiger partial charge on any atom is -0.326 e. The standard InChI is InChI=1S/C11H10N4O3/c16-11(7-9-4-5-12-14-9)13-8-2-1-3-10(6-8)15(17)18/h1-6H,7H2,(H,12,14)(H,13,16). The number of benzene rings is 1. The van der Waals surface area contributed by atoms with Crippen molar-refractivity contribution in [1.82, 2.24) is 10.2 Å². The number of nitro benzene ring substituents is 1. The topological polar surface area (TPSA) is 101 Å². The molecule has 92 valence electrons. The molecule has 1 heterocycles. The fraction of sp³-hybridized carbons (Fsp3) is 0.0909. The molecule has 1 amide bonds. The number of anilines is 1. The molecule has 7 heteroatoms. The van der Waals surface area contributed by atoms with E-state index in [0.29, 0.717) is 11.4 Å². The molecule has 2 aromatic rings. The Bertz CT molecular complexity index is 565. The van der Waals surface area contributed by atoms with Crippen molar-refractivity contribution in [2.24, 2.45) is 0 Å². The number of nitro groups is 1. The normalized spacial score (nSPS) is 10.0. The van der Waals surface area contributed by atoms with Crippen molar-refractivity contribution in [3.05, 3.63) is 52.3 Å². The fourth-order valence-corrected chi connectivity index (χ4v) is 1.46. The number of hydrogen-bond donors (Lipinski definition) is 2. The number of carbonyl (C=O) groups is 1. The molecule has 7 nitrogen and oxygen atoms in total. The molecule has 0 bridgehead atoms. The first-order chi connectivity index (χ1) is 8.65. The summed E-state index contributed by atoms with van der Waals surface area (Å²) in [6, 6.07) is 7.48. The SMILES string of the molecule is O=C(Cc1ccn[nH]1)Nc1cccc([N+](=O)[O-])c1. The zero-order valence-corrected chi connectivity index (χ0v) is 9.29. The quantitative estimate of drug-likeness (QED) is 0.630. The molecule has 0 spiro atoms. The van der Waals surface area contributed by atoms with Gasteiger partial charge in [0.1, 0.15) is 0 Å². The van der Waals surface area contributed by atoms with E-state index >= 15 is 0 Å². The number of rotatable bonds is 4. The summed E-state index contributed by atoms with van der Waals surface area (Å²) >= 11 is 0. The van der Waals surface area contributed by atoms with Crippen LogP contribution in [-0.2, 0) is 11.2 Å². The van der Waals surface area contributed by atoms with E-state index < -0.39 is 4.92 Å². The highest BCUT2D eigenvalue weighted by atomic mass is 16.6. The lowest BCUT2D eigenvalue weighted by atomic mass is 10.2. The Kier molecular flexibility index (Phi) is 3.33. The predicted molar refractivity (Wildman–Crippen MR) is 64.0 cm³/mol. The number of aromatic nitrogens is 2. The molecule has 1 aromatic carbocycles. The third-order valence-corrected chi connectivity index (χ3v) is 2.25. The lowest BCUT2D eigenvalue weighted by molar-refractivity contribution is -0.384. The van der Waals surface area contributed by atoms with Crippen LogP contribution in [0, 0.1) is 10.1 Å². The van der Waals surface area contributed by atoms with E-state index in [9.17, 15) is 14.9 Å². The van der Waals surface area contributed by atoms with Gasteiger partial charge in [-0.3, -0.25) is 20.0 Å². The minimum absolute atomic E-state index is 0.0608. The van der Waals surface area contributed by atoms with Crippen molar-refractivity contribution >= 4 is 17.3 Å². The lowest BCUT2D eigenvalue weighted by Gasteiger charge is -2.03. The minimum atomic E-state index is -0.509. The van der Waals surface area contributed by atoms with E-state index in [-0.39, 0.29) is 18.0 Å². The van der Waals surface area contributed by atoms with E-state index in [4.69, 9.17) is 0 Å². The zero-order valence-electron chi connectivity index (χ0n) is 9.29. The van der Waals surface area contributed by atoms with Crippen molar-refractivity contribution in [2.75, 3.05) is 5.32 Å². The van der Waals surface area contributed by atoms with E-state index in [0.717, 1.165) is 0 Å². The number of aromatic amines is 1. The van der Waals surface area contributed by atoms with Crippen LogP contribution in [0.3, 0.4) is 0 Å². The molecule has 2 rings (SSSR count). The van der Waals surface area contributed by atoms with Gasteiger partial charge in [-0.05, 0) is 12.1 Å². The van der Waals surface area contributed by atoms with Gasteiger partial charge in [0, 0.05) is 29.7 Å². The molecule has 0 unspecified atom stereocenters. The summed E-state index contributed by atoms with van der Waals surface area (Å²) in [5.74, 6) is -0.264. The average molecular weight is 246 g/mol. The Balaban J connectivity index is 2.03. The first-order valence-corrected chi connectivity index (χ1v) is 5.18. The second-order valence-electron chi connectivity index (χ2n) is 3.61. The molecule has 0 aliphatic heterocycles. The molecule has 0 saturated heterocycles. The van der Waals surface area contributed by atoms with Crippen LogP contribution in [0.5, 0.6) is 0 Å². The van der Waals surface area contributed by atoms with Crippen molar-refractivity contribution in [1.29, 1.82) is 0 Å². The van der Waals surface area contributed by atoms with Gasteiger partial charge in [0.25, 0.3) is 5.69 Å². The predicted octanol–water partition coefficient (Wildman–Crippen LogP) is 1.50. The van der Waals surface area contributed by atoms with Gasteiger partial charge in [-0.2, -0.15) is 5.10 Å². The van der Waals surface area contributed by atoms with Gasteiger partial charge < -0.3 is 5.32 Å². The van der Waals surface area contributed by atoms with Crippen LogP contribution in [0.2, 0.25) is 0 Å². The second kappa shape index (κ2) is 5.09. The van der Waals surface area contributed by atoms with Crippen molar-refractivity contribution in [2.45, 2.75) is 6.42 Å². The largest absolute Gasteiger partial charge is 0.326 e. The summed E-state index contributed by atoms with van der Waals surface area (Å²) in [4.78, 5) is 21.7. The maximum atomic E-state index is 11.6. The van der Waals surface area contributed by atoms with Crippen LogP contribution in [-0.4, -0.2) is 21.0 Å². The molecule has 1 aromatic heterocycles. The van der Waals surface area contributed by atoms with Gasteiger partial charge in [0.15, 0.2) is 0 Å². The summed E-state index contributed by atoms with van der Waals surface area (Å²) in [6.45, 7) is 0. The molecule has 0 aliphatic rings. The monoisotopic (exact) mass is 246 g/mol. The third-order valence-electron chi connectivity index (χ3n) is 2.25. The van der Waals surface area contributed by atoms with Gasteiger partial charge in [-0.1, -0.05) is 6.07 Å². The van der Waals surface area contributed by atoms with Gasteiger partial charge in [-0.15, -0.1) is 0 Å². The molecular weight excluding hydrogens is 236 g/mol. The van der Waals surface area contributed by atoms with Crippen LogP contribution in [0.4, 0.5) is 11.4 Å². The second-order valence-corrected chi connectivity index (χ2v) is 3.61. The smallest absolute Gasteiger partial charge is 0.271 e. The molecular formula is C11H10N4O3. The molecule has 0 aliphatic carbocycles. The number of carbonyl (C=O) groups excluding carboxylic acids is 1. The van der Waals surface area contributed by atoms with Gasteiger partial charge in [0.2, 0.25) is 5.91 Å². The van der Waals surface area contributed by atoms with Crippen LogP contribution < -0.4 is 5.32 Å². The van der Waals surface area contributed by atoms with Crippen molar-refractivity contribution in [3.8, 4) is 0 Å². The highest BCUT2D eigenvalue weighted by Gasteiger charge is 2.09. The molecule has 0 atom stereocenters. The summed E-state index contributed by atoms with van der Waals surface area (Å²) in [5, 5.41) is 19.5. The van der Waals surface area contributed by atoms with Gasteiger partial charge in [0.05, 0.1) is 11.3 Å². The van der Waals surface area contributed by atoms with Crippen molar-refractivity contribution < 1.29 is 9.72 Å². The Morgan fingerprint density at radius 3 is 2.94 bits per heavy atom. The number of nitrogens with one attached hydrogen (secondary N) is 2. The summed E-state index contributed by atoms with van der Waals surface area (Å²) < 4.78 is 0. The maximum Gasteiger partial charge on any atom is 0.271 e. The average Bonchev–Trinajstić information content (AvgIpc) is 2.82. The lowest BCUT2D eigenvalue weighted by Crippen LogP contribution is -2.14. The van der Waals surface area contributed by atoms with E-state index in [1.807, 2.05) is 0 Å². The van der Waals surface area contributed by atoms with Crippen LogP contribution in [0.1, 0.15) is 5.69 Å². The Morgan fingerprint density at radius 1 is 1.44 bits per heavy atom. The van der Waals surface area contributed by atoms with Crippen LogP contribution in [0.25, 0.3) is 0 Å². The van der Waals surface area contributed by atoms with E-state index in [1.54, 1.807) is 18.3 Å². The third kappa shape index (κ3) is 2.91. The molecule has 2 N–H and O–H groups in total. The first-order valence-electron chi connectivity index (χ1n) is 5.18. The summed E-state index contributed by atoms with van der Waals surface area (Å²) in [6.07, 6.45) is 1.69. The molecule has 0 fully saturated rings. The van der Waals surface area contributed by atoms with E-state index in [2.05, 4.69) is 15.5 Å². The number of nitrogens with zero attached hydrogens (tertiary/aromatic N) is 2. The van der Waals surface area contributed by atoms with Gasteiger partial charge in [-0.25, -0.2) is 0 Å². The Labute approximate surface area is 102 Å². The van der Waals surface area contributed by atoms with Crippen molar-refractivity contribution in [3.63, 3.8) is 0 Å². The number of hydrogen-bond acceptors (Lipinski definition) is 4. The van der Waals surface area contributed by atoms with Crippen LogP contribution in [0.15, 0.2) is 36.5 Å².